The molecule has 0 spiro atoms. The lowest BCUT2D eigenvalue weighted by Crippen LogP contribution is -2.23. The van der Waals surface area contributed by atoms with Gasteiger partial charge in [0.1, 0.15) is 5.69 Å². The minimum absolute atomic E-state index is 0.243. The van der Waals surface area contributed by atoms with Gasteiger partial charge in [-0.3, -0.25) is 4.79 Å². The van der Waals surface area contributed by atoms with E-state index in [9.17, 15) is 13.2 Å². The first-order chi connectivity index (χ1) is 12.8. The Labute approximate surface area is 162 Å². The number of aromatic nitrogens is 1. The van der Waals surface area contributed by atoms with E-state index in [0.717, 1.165) is 11.8 Å². The quantitative estimate of drug-likeness (QED) is 0.660. The van der Waals surface area contributed by atoms with Gasteiger partial charge in [0.25, 0.3) is 5.91 Å². The van der Waals surface area contributed by atoms with Gasteiger partial charge in [-0.1, -0.05) is 29.8 Å². The van der Waals surface area contributed by atoms with Crippen LogP contribution in [0.5, 0.6) is 0 Å². The minimum atomic E-state index is -3.22. The third kappa shape index (κ3) is 5.15. The lowest BCUT2D eigenvalue weighted by molar-refractivity contribution is 0.0946. The maximum atomic E-state index is 12.2. The Hall–Kier alpha value is -2.71. The summed E-state index contributed by atoms with van der Waals surface area (Å²) in [6.07, 6.45) is 1.16. The Morgan fingerprint density at radius 3 is 2.37 bits per heavy atom. The van der Waals surface area contributed by atoms with Gasteiger partial charge in [0.15, 0.2) is 15.0 Å². The lowest BCUT2D eigenvalue weighted by atomic mass is 10.1. The molecule has 3 aromatic rings. The molecule has 2 N–H and O–H groups in total. The summed E-state index contributed by atoms with van der Waals surface area (Å²) in [6, 6.07) is 14.3. The molecule has 3 rings (SSSR count). The van der Waals surface area contributed by atoms with Gasteiger partial charge in [0, 0.05) is 23.9 Å². The number of sulfone groups is 1. The van der Waals surface area contributed by atoms with Crippen molar-refractivity contribution in [3.8, 4) is 0 Å². The van der Waals surface area contributed by atoms with Crippen LogP contribution in [-0.2, 0) is 16.4 Å². The summed E-state index contributed by atoms with van der Waals surface area (Å²) in [5.74, 6) is -0.243. The van der Waals surface area contributed by atoms with Crippen LogP contribution in [0.1, 0.15) is 21.6 Å². The number of thiazole rings is 1. The Bertz CT molecular complexity index is 1040. The molecule has 0 aliphatic carbocycles. The molecule has 2 aromatic carbocycles. The highest BCUT2D eigenvalue weighted by Crippen LogP contribution is 2.22. The zero-order valence-corrected chi connectivity index (χ0v) is 16.5. The Kier molecular flexibility index (Phi) is 5.57. The van der Waals surface area contributed by atoms with E-state index in [1.807, 2.05) is 31.2 Å². The van der Waals surface area contributed by atoms with Crippen LogP contribution in [0.15, 0.2) is 58.8 Å². The van der Waals surface area contributed by atoms with Crippen LogP contribution in [0.2, 0.25) is 0 Å². The molecule has 0 atom stereocenters. The number of rotatable bonds is 6. The third-order valence-electron chi connectivity index (χ3n) is 3.84. The summed E-state index contributed by atoms with van der Waals surface area (Å²) in [7, 11) is -3.22. The molecular formula is C19H19N3O3S2. The second kappa shape index (κ2) is 7.89. The number of benzene rings is 2. The molecule has 1 amide bonds. The number of hydrogen-bond acceptors (Lipinski definition) is 6. The molecule has 0 unspecified atom stereocenters. The fourth-order valence-electron chi connectivity index (χ4n) is 2.32. The van der Waals surface area contributed by atoms with E-state index in [-0.39, 0.29) is 10.8 Å². The fraction of sp³-hybridized carbons (Fsp3) is 0.158. The summed E-state index contributed by atoms with van der Waals surface area (Å²) >= 11 is 1.30. The highest BCUT2D eigenvalue weighted by molar-refractivity contribution is 7.90. The highest BCUT2D eigenvalue weighted by Gasteiger charge is 2.11. The van der Waals surface area contributed by atoms with Crippen molar-refractivity contribution in [2.24, 2.45) is 0 Å². The highest BCUT2D eigenvalue weighted by atomic mass is 32.2. The van der Waals surface area contributed by atoms with Crippen molar-refractivity contribution in [3.05, 3.63) is 70.7 Å². The van der Waals surface area contributed by atoms with Gasteiger partial charge in [-0.2, -0.15) is 0 Å². The van der Waals surface area contributed by atoms with E-state index in [4.69, 9.17) is 0 Å². The molecular weight excluding hydrogens is 382 g/mol. The molecule has 0 saturated heterocycles. The van der Waals surface area contributed by atoms with Crippen molar-refractivity contribution in [1.29, 1.82) is 0 Å². The summed E-state index contributed by atoms with van der Waals surface area (Å²) in [4.78, 5) is 16.8. The first kappa shape index (κ1) is 19.1. The van der Waals surface area contributed by atoms with E-state index in [1.165, 1.54) is 29.0 Å². The van der Waals surface area contributed by atoms with Crippen molar-refractivity contribution in [2.45, 2.75) is 18.4 Å². The number of carbonyl (C=O) groups excluding carboxylic acids is 1. The third-order valence-corrected chi connectivity index (χ3v) is 5.73. The van der Waals surface area contributed by atoms with E-state index in [2.05, 4.69) is 15.6 Å². The summed E-state index contributed by atoms with van der Waals surface area (Å²) in [6.45, 7) is 2.45. The second-order valence-corrected chi connectivity index (χ2v) is 9.00. The number of nitrogens with one attached hydrogen (secondary N) is 2. The molecule has 1 aromatic heterocycles. The van der Waals surface area contributed by atoms with Crippen LogP contribution in [0.4, 0.5) is 10.8 Å². The number of anilines is 2. The van der Waals surface area contributed by atoms with Gasteiger partial charge in [-0.25, -0.2) is 13.4 Å². The average molecular weight is 402 g/mol. The zero-order valence-electron chi connectivity index (χ0n) is 14.9. The number of amides is 1. The van der Waals surface area contributed by atoms with Gasteiger partial charge in [0.2, 0.25) is 0 Å². The topological polar surface area (TPSA) is 88.2 Å². The predicted octanol–water partition coefficient (Wildman–Crippen LogP) is 3.53. The molecule has 0 saturated carbocycles. The van der Waals surface area contributed by atoms with Crippen LogP contribution in [0.25, 0.3) is 0 Å². The second-order valence-electron chi connectivity index (χ2n) is 6.13. The summed E-state index contributed by atoms with van der Waals surface area (Å²) in [5.41, 5.74) is 3.23. The molecule has 0 bridgehead atoms. The molecule has 8 heteroatoms. The van der Waals surface area contributed by atoms with Gasteiger partial charge in [0.05, 0.1) is 4.90 Å². The monoisotopic (exact) mass is 401 g/mol. The van der Waals surface area contributed by atoms with Crippen LogP contribution in [0.3, 0.4) is 0 Å². The first-order valence-corrected chi connectivity index (χ1v) is 10.9. The number of aryl methyl sites for hydroxylation is 1. The van der Waals surface area contributed by atoms with Crippen LogP contribution in [-0.4, -0.2) is 25.6 Å². The van der Waals surface area contributed by atoms with Gasteiger partial charge in [-0.15, -0.1) is 11.3 Å². The Morgan fingerprint density at radius 2 is 1.74 bits per heavy atom. The molecule has 0 radical (unpaired) electrons. The molecule has 0 aliphatic heterocycles. The van der Waals surface area contributed by atoms with Crippen molar-refractivity contribution in [1.82, 2.24) is 10.3 Å². The predicted molar refractivity (Wildman–Crippen MR) is 107 cm³/mol. The average Bonchev–Trinajstić information content (AvgIpc) is 3.09. The molecule has 6 nitrogen and oxygen atoms in total. The molecule has 1 heterocycles. The van der Waals surface area contributed by atoms with Crippen LogP contribution >= 0.6 is 11.3 Å². The van der Waals surface area contributed by atoms with Gasteiger partial charge >= 0.3 is 0 Å². The number of carbonyl (C=O) groups is 1. The van der Waals surface area contributed by atoms with Crippen LogP contribution < -0.4 is 10.6 Å². The maximum Gasteiger partial charge on any atom is 0.271 e. The van der Waals surface area contributed by atoms with Gasteiger partial charge in [-0.05, 0) is 36.8 Å². The molecule has 27 heavy (non-hydrogen) atoms. The zero-order chi connectivity index (χ0) is 19.4. The Balaban J connectivity index is 1.60. The SMILES string of the molecule is Cc1ccc(CNC(=O)c2csc(Nc3ccc(S(C)(=O)=O)cc3)n2)cc1. The molecule has 0 fully saturated rings. The van der Waals surface area contributed by atoms with E-state index >= 15 is 0 Å². The minimum Gasteiger partial charge on any atom is -0.347 e. The first-order valence-electron chi connectivity index (χ1n) is 8.18. The van der Waals surface area contributed by atoms with Crippen molar-refractivity contribution in [2.75, 3.05) is 11.6 Å². The number of nitrogens with zero attached hydrogens (tertiary/aromatic N) is 1. The van der Waals surface area contributed by atoms with Crippen molar-refractivity contribution < 1.29 is 13.2 Å². The fourth-order valence-corrected chi connectivity index (χ4v) is 3.66. The van der Waals surface area contributed by atoms with Crippen molar-refractivity contribution in [3.63, 3.8) is 0 Å². The van der Waals surface area contributed by atoms with Gasteiger partial charge < -0.3 is 10.6 Å². The standard InChI is InChI=1S/C19H19N3O3S2/c1-13-3-5-14(6-4-13)11-20-18(23)17-12-26-19(22-17)21-15-7-9-16(10-8-15)27(2,24)25/h3-10,12H,11H2,1-2H3,(H,20,23)(H,21,22). The number of hydrogen-bond donors (Lipinski definition) is 2. The Morgan fingerprint density at radius 1 is 1.07 bits per heavy atom. The van der Waals surface area contributed by atoms with Crippen molar-refractivity contribution >= 4 is 37.9 Å². The summed E-state index contributed by atoms with van der Waals surface area (Å²) in [5, 5.41) is 8.15. The largest absolute Gasteiger partial charge is 0.347 e. The molecule has 0 aliphatic rings. The van der Waals surface area contributed by atoms with E-state index in [1.54, 1.807) is 17.5 Å². The summed E-state index contributed by atoms with van der Waals surface area (Å²) < 4.78 is 23.0. The normalized spacial score (nSPS) is 11.2. The molecule has 140 valence electrons. The van der Waals surface area contributed by atoms with Crippen LogP contribution in [0, 0.1) is 6.92 Å². The lowest BCUT2D eigenvalue weighted by Gasteiger charge is -2.05. The maximum absolute atomic E-state index is 12.2. The van der Waals surface area contributed by atoms with E-state index in [0.29, 0.717) is 23.1 Å². The smallest absolute Gasteiger partial charge is 0.271 e. The van der Waals surface area contributed by atoms with E-state index < -0.39 is 9.84 Å².